The van der Waals surface area contributed by atoms with E-state index < -0.39 is 5.97 Å². The summed E-state index contributed by atoms with van der Waals surface area (Å²) in [6.45, 7) is 2.19. The average Bonchev–Trinajstić information content (AvgIpc) is 2.36. The predicted octanol–water partition coefficient (Wildman–Crippen LogP) is 2.99. The van der Waals surface area contributed by atoms with Crippen molar-refractivity contribution in [2.24, 2.45) is 5.92 Å². The fourth-order valence-electron chi connectivity index (χ4n) is 2.51. The van der Waals surface area contributed by atoms with Gasteiger partial charge in [-0.3, -0.25) is 9.59 Å². The summed E-state index contributed by atoms with van der Waals surface area (Å²) in [6.07, 6.45) is 3.95. The molecule has 1 amide bonds. The van der Waals surface area contributed by atoms with E-state index in [2.05, 4.69) is 0 Å². The number of carbonyl (C=O) groups is 2. The second-order valence-electron chi connectivity index (χ2n) is 5.48. The number of carbonyl (C=O) groups excluding carboxylic acids is 1. The van der Waals surface area contributed by atoms with Crippen LogP contribution in [0.5, 0.6) is 0 Å². The van der Waals surface area contributed by atoms with Crippen molar-refractivity contribution in [1.82, 2.24) is 0 Å². The molecule has 0 radical (unpaired) electrons. The highest BCUT2D eigenvalue weighted by atomic mass is 16.4. The number of para-hydroxylation sites is 1. The van der Waals surface area contributed by atoms with Crippen molar-refractivity contribution >= 4 is 17.6 Å². The molecule has 1 aliphatic carbocycles. The number of anilines is 1. The molecule has 108 valence electrons. The van der Waals surface area contributed by atoms with Gasteiger partial charge in [-0.1, -0.05) is 24.6 Å². The van der Waals surface area contributed by atoms with Crippen molar-refractivity contribution in [2.75, 3.05) is 11.4 Å². The van der Waals surface area contributed by atoms with Gasteiger partial charge in [-0.2, -0.15) is 0 Å². The predicted molar refractivity (Wildman–Crippen MR) is 77.7 cm³/mol. The Bertz CT molecular complexity index is 494. The first-order valence-electron chi connectivity index (χ1n) is 7.15. The van der Waals surface area contributed by atoms with E-state index in [9.17, 15) is 9.59 Å². The number of amides is 1. The van der Waals surface area contributed by atoms with E-state index in [0.717, 1.165) is 24.1 Å². The SMILES string of the molecule is Cc1ccccc1N(CCC(=O)O)C(=O)CC1CCC1. The lowest BCUT2D eigenvalue weighted by atomic mass is 9.82. The third-order valence-corrected chi connectivity index (χ3v) is 3.94. The number of carboxylic acids is 1. The lowest BCUT2D eigenvalue weighted by Crippen LogP contribution is -2.35. The van der Waals surface area contributed by atoms with Crippen LogP contribution in [-0.2, 0) is 9.59 Å². The van der Waals surface area contributed by atoms with Gasteiger partial charge in [-0.15, -0.1) is 0 Å². The van der Waals surface area contributed by atoms with Crippen LogP contribution < -0.4 is 4.90 Å². The van der Waals surface area contributed by atoms with Gasteiger partial charge in [0.2, 0.25) is 5.91 Å². The zero-order valence-corrected chi connectivity index (χ0v) is 11.8. The number of rotatable bonds is 6. The third-order valence-electron chi connectivity index (χ3n) is 3.94. The molecule has 4 nitrogen and oxygen atoms in total. The molecule has 0 bridgehead atoms. The number of aliphatic carboxylic acids is 1. The average molecular weight is 275 g/mol. The molecular weight excluding hydrogens is 254 g/mol. The van der Waals surface area contributed by atoms with Crippen LogP contribution in [0.1, 0.15) is 37.7 Å². The van der Waals surface area contributed by atoms with Crippen LogP contribution in [0.2, 0.25) is 0 Å². The highest BCUT2D eigenvalue weighted by Gasteiger charge is 2.25. The molecule has 1 aromatic rings. The molecule has 0 atom stereocenters. The Kier molecular flexibility index (Phi) is 4.77. The first kappa shape index (κ1) is 14.6. The van der Waals surface area contributed by atoms with E-state index in [4.69, 9.17) is 5.11 Å². The Morgan fingerprint density at radius 2 is 2.00 bits per heavy atom. The lowest BCUT2D eigenvalue weighted by Gasteiger charge is -2.29. The van der Waals surface area contributed by atoms with E-state index in [-0.39, 0.29) is 18.9 Å². The van der Waals surface area contributed by atoms with Gasteiger partial charge in [0.15, 0.2) is 0 Å². The van der Waals surface area contributed by atoms with Crippen molar-refractivity contribution in [1.29, 1.82) is 0 Å². The van der Waals surface area contributed by atoms with Crippen LogP contribution in [0.3, 0.4) is 0 Å². The summed E-state index contributed by atoms with van der Waals surface area (Å²) >= 11 is 0. The zero-order valence-electron chi connectivity index (χ0n) is 11.8. The van der Waals surface area contributed by atoms with Gasteiger partial charge >= 0.3 is 5.97 Å². The van der Waals surface area contributed by atoms with Gasteiger partial charge in [-0.25, -0.2) is 0 Å². The van der Waals surface area contributed by atoms with E-state index in [1.807, 2.05) is 31.2 Å². The molecule has 0 heterocycles. The zero-order chi connectivity index (χ0) is 14.5. The Morgan fingerprint density at radius 1 is 1.30 bits per heavy atom. The number of hydrogen-bond donors (Lipinski definition) is 1. The van der Waals surface area contributed by atoms with Crippen molar-refractivity contribution in [3.63, 3.8) is 0 Å². The second-order valence-corrected chi connectivity index (χ2v) is 5.48. The molecule has 0 unspecified atom stereocenters. The maximum Gasteiger partial charge on any atom is 0.305 e. The summed E-state index contributed by atoms with van der Waals surface area (Å²) in [4.78, 5) is 24.9. The number of benzene rings is 1. The smallest absolute Gasteiger partial charge is 0.305 e. The van der Waals surface area contributed by atoms with Crippen molar-refractivity contribution < 1.29 is 14.7 Å². The van der Waals surface area contributed by atoms with E-state index in [1.165, 1.54) is 6.42 Å². The van der Waals surface area contributed by atoms with Crippen LogP contribution >= 0.6 is 0 Å². The largest absolute Gasteiger partial charge is 0.481 e. The second kappa shape index (κ2) is 6.55. The molecule has 1 fully saturated rings. The van der Waals surface area contributed by atoms with Gasteiger partial charge in [0.1, 0.15) is 0 Å². The summed E-state index contributed by atoms with van der Waals surface area (Å²) in [5.74, 6) is -0.343. The van der Waals surface area contributed by atoms with Crippen LogP contribution in [0.25, 0.3) is 0 Å². The van der Waals surface area contributed by atoms with Gasteiger partial charge in [0.05, 0.1) is 6.42 Å². The van der Waals surface area contributed by atoms with Crippen LogP contribution in [-0.4, -0.2) is 23.5 Å². The molecule has 20 heavy (non-hydrogen) atoms. The van der Waals surface area contributed by atoms with Crippen molar-refractivity contribution in [2.45, 2.75) is 39.0 Å². The molecule has 0 aromatic heterocycles. The third kappa shape index (κ3) is 3.59. The van der Waals surface area contributed by atoms with E-state index in [0.29, 0.717) is 12.3 Å². The molecule has 4 heteroatoms. The molecule has 2 rings (SSSR count). The number of carboxylic acid groups (broad SMARTS) is 1. The van der Waals surface area contributed by atoms with E-state index >= 15 is 0 Å². The minimum Gasteiger partial charge on any atom is -0.481 e. The maximum atomic E-state index is 12.4. The van der Waals surface area contributed by atoms with Crippen LogP contribution in [0.4, 0.5) is 5.69 Å². The first-order chi connectivity index (χ1) is 9.58. The summed E-state index contributed by atoms with van der Waals surface area (Å²) < 4.78 is 0. The lowest BCUT2D eigenvalue weighted by molar-refractivity contribution is -0.136. The first-order valence-corrected chi connectivity index (χ1v) is 7.15. The number of nitrogens with zero attached hydrogens (tertiary/aromatic N) is 1. The fourth-order valence-corrected chi connectivity index (χ4v) is 2.51. The number of aryl methyl sites for hydroxylation is 1. The highest BCUT2D eigenvalue weighted by Crippen LogP contribution is 2.31. The van der Waals surface area contributed by atoms with Gasteiger partial charge < -0.3 is 10.0 Å². The van der Waals surface area contributed by atoms with Crippen LogP contribution in [0.15, 0.2) is 24.3 Å². The Morgan fingerprint density at radius 3 is 2.55 bits per heavy atom. The normalized spacial score (nSPS) is 14.7. The monoisotopic (exact) mass is 275 g/mol. The highest BCUT2D eigenvalue weighted by molar-refractivity contribution is 5.94. The molecule has 0 aliphatic heterocycles. The number of hydrogen-bond acceptors (Lipinski definition) is 2. The minimum atomic E-state index is -0.875. The Balaban J connectivity index is 2.12. The summed E-state index contributed by atoms with van der Waals surface area (Å²) in [6, 6.07) is 7.63. The summed E-state index contributed by atoms with van der Waals surface area (Å²) in [7, 11) is 0. The Hall–Kier alpha value is -1.84. The van der Waals surface area contributed by atoms with Crippen molar-refractivity contribution in [3.8, 4) is 0 Å². The van der Waals surface area contributed by atoms with E-state index in [1.54, 1.807) is 4.90 Å². The van der Waals surface area contributed by atoms with Crippen LogP contribution in [0, 0.1) is 12.8 Å². The summed E-state index contributed by atoms with van der Waals surface area (Å²) in [5.41, 5.74) is 1.83. The topological polar surface area (TPSA) is 57.6 Å². The standard InChI is InChI=1S/C16H21NO3/c1-12-5-2-3-8-14(12)17(10-9-16(19)20)15(18)11-13-6-4-7-13/h2-3,5,8,13H,4,6-7,9-11H2,1H3,(H,19,20). The fraction of sp³-hybridized carbons (Fsp3) is 0.500. The Labute approximate surface area is 119 Å². The molecule has 1 aliphatic rings. The molecular formula is C16H21NO3. The van der Waals surface area contributed by atoms with Gasteiger partial charge in [0, 0.05) is 18.7 Å². The van der Waals surface area contributed by atoms with Crippen molar-refractivity contribution in [3.05, 3.63) is 29.8 Å². The maximum absolute atomic E-state index is 12.4. The van der Waals surface area contributed by atoms with Gasteiger partial charge in [0.25, 0.3) is 0 Å². The molecule has 1 aromatic carbocycles. The summed E-state index contributed by atoms with van der Waals surface area (Å²) in [5, 5.41) is 8.86. The molecule has 1 N–H and O–H groups in total. The quantitative estimate of drug-likeness (QED) is 0.868. The minimum absolute atomic E-state index is 0.0231. The molecule has 0 saturated heterocycles. The van der Waals surface area contributed by atoms with Gasteiger partial charge in [-0.05, 0) is 37.3 Å². The molecule has 1 saturated carbocycles. The molecule has 0 spiro atoms.